The van der Waals surface area contributed by atoms with Gasteiger partial charge in [0.1, 0.15) is 6.29 Å². The smallest absolute Gasteiger partial charge is 0.302 e. The third kappa shape index (κ3) is 1.63. The summed E-state index contributed by atoms with van der Waals surface area (Å²) in [6.07, 6.45) is -0.0419. The number of aldehydes is 1. The van der Waals surface area contributed by atoms with E-state index in [4.69, 9.17) is 4.55 Å². The lowest BCUT2D eigenvalue weighted by Crippen LogP contribution is -2.42. The second-order valence-electron chi connectivity index (χ2n) is 2.60. The van der Waals surface area contributed by atoms with Crippen molar-refractivity contribution in [2.45, 2.75) is 19.1 Å². The fourth-order valence-electron chi connectivity index (χ4n) is 1.24. The molecule has 7 heteroatoms. The minimum atomic E-state index is -4.27. The number of carbonyl (C=O) groups excluding carboxylic acids is 1. The van der Waals surface area contributed by atoms with Gasteiger partial charge in [-0.25, -0.2) is 0 Å². The normalized spacial score (nSPS) is 32.2. The fraction of sp³-hybridized carbons (Fsp3) is 0.800. The van der Waals surface area contributed by atoms with Crippen molar-refractivity contribution < 1.29 is 17.8 Å². The number of nitrogens with zero attached hydrogens (tertiary/aromatic N) is 1. The number of carbonyl (C=O) groups is 1. The van der Waals surface area contributed by atoms with Crippen LogP contribution in [0.1, 0.15) is 6.92 Å². The highest BCUT2D eigenvalue weighted by molar-refractivity contribution is 7.83. The topological polar surface area (TPSA) is 86.7 Å². The second-order valence-corrected chi connectivity index (χ2v) is 3.91. The van der Waals surface area contributed by atoms with Gasteiger partial charge < -0.3 is 4.79 Å². The molecule has 0 amide bonds. The molecule has 1 fully saturated rings. The van der Waals surface area contributed by atoms with Crippen molar-refractivity contribution in [2.75, 3.05) is 6.54 Å². The quantitative estimate of drug-likeness (QED) is 0.417. The van der Waals surface area contributed by atoms with Crippen molar-refractivity contribution in [3.63, 3.8) is 0 Å². The van der Waals surface area contributed by atoms with E-state index in [0.29, 0.717) is 6.29 Å². The Hall–Kier alpha value is -0.500. The molecule has 0 bridgehead atoms. The van der Waals surface area contributed by atoms with E-state index in [1.54, 1.807) is 6.92 Å². The van der Waals surface area contributed by atoms with Crippen LogP contribution in [0.15, 0.2) is 0 Å². The molecule has 1 heterocycles. The van der Waals surface area contributed by atoms with Crippen LogP contribution in [-0.2, 0) is 15.1 Å². The van der Waals surface area contributed by atoms with Gasteiger partial charge in [-0.15, -0.1) is 0 Å². The summed E-state index contributed by atoms with van der Waals surface area (Å²) < 4.78 is 30.8. The van der Waals surface area contributed by atoms with Crippen LogP contribution in [0.3, 0.4) is 0 Å². The Balaban J connectivity index is 2.92. The van der Waals surface area contributed by atoms with Crippen molar-refractivity contribution in [3.05, 3.63) is 0 Å². The summed E-state index contributed by atoms with van der Waals surface area (Å²) in [4.78, 5) is 10.4. The first-order valence-corrected chi connectivity index (χ1v) is 4.81. The zero-order valence-corrected chi connectivity index (χ0v) is 7.28. The first-order chi connectivity index (χ1) is 5.46. The minimum Gasteiger partial charge on any atom is -0.302 e. The molecule has 70 valence electrons. The van der Waals surface area contributed by atoms with Gasteiger partial charge in [0, 0.05) is 6.54 Å². The first kappa shape index (κ1) is 9.59. The molecule has 1 rings (SSSR count). The summed E-state index contributed by atoms with van der Waals surface area (Å²) in [6.45, 7) is 1.79. The largest absolute Gasteiger partial charge is 0.337 e. The lowest BCUT2D eigenvalue weighted by atomic mass is 10.4. The Bertz CT molecular complexity index is 275. The Morgan fingerprint density at radius 3 is 2.58 bits per heavy atom. The standard InChI is InChI=1S/C5H10N2O4S/c1-4-6-2-5(3-8)7(4)12(9,10)11/h3-6H,2H2,1H3,(H,9,10,11). The molecule has 2 atom stereocenters. The van der Waals surface area contributed by atoms with Crippen LogP contribution in [-0.4, -0.2) is 42.3 Å². The van der Waals surface area contributed by atoms with Crippen molar-refractivity contribution in [3.8, 4) is 0 Å². The molecule has 0 aromatic heterocycles. The molecular formula is C5H10N2O4S. The Morgan fingerprint density at radius 2 is 2.25 bits per heavy atom. The fourth-order valence-corrected chi connectivity index (χ4v) is 2.18. The molecule has 2 unspecified atom stereocenters. The van der Waals surface area contributed by atoms with Gasteiger partial charge in [0.05, 0.1) is 12.2 Å². The molecule has 0 spiro atoms. The van der Waals surface area contributed by atoms with Crippen LogP contribution in [0.2, 0.25) is 0 Å². The molecule has 0 saturated carbocycles. The zero-order chi connectivity index (χ0) is 9.35. The summed E-state index contributed by atoms with van der Waals surface area (Å²) in [7, 11) is -4.27. The minimum absolute atomic E-state index is 0.241. The molecule has 0 aliphatic carbocycles. The molecular weight excluding hydrogens is 184 g/mol. The van der Waals surface area contributed by atoms with E-state index in [0.717, 1.165) is 4.31 Å². The van der Waals surface area contributed by atoms with Crippen LogP contribution >= 0.6 is 0 Å². The van der Waals surface area contributed by atoms with Gasteiger partial charge in [-0.2, -0.15) is 12.7 Å². The summed E-state index contributed by atoms with van der Waals surface area (Å²) in [5.41, 5.74) is 0. The van der Waals surface area contributed by atoms with Crippen LogP contribution in [0.4, 0.5) is 0 Å². The molecule has 1 aliphatic rings. The molecule has 6 nitrogen and oxygen atoms in total. The summed E-state index contributed by atoms with van der Waals surface area (Å²) in [5.74, 6) is 0. The lowest BCUT2D eigenvalue weighted by Gasteiger charge is -2.18. The zero-order valence-electron chi connectivity index (χ0n) is 6.47. The highest BCUT2D eigenvalue weighted by Crippen LogP contribution is 2.13. The number of nitrogens with one attached hydrogen (secondary N) is 1. The molecule has 0 aromatic rings. The summed E-state index contributed by atoms with van der Waals surface area (Å²) >= 11 is 0. The molecule has 12 heavy (non-hydrogen) atoms. The van der Waals surface area contributed by atoms with Gasteiger partial charge in [0.25, 0.3) is 0 Å². The number of hydrogen-bond acceptors (Lipinski definition) is 4. The van der Waals surface area contributed by atoms with E-state index < -0.39 is 22.5 Å². The average molecular weight is 194 g/mol. The summed E-state index contributed by atoms with van der Waals surface area (Å²) in [6, 6.07) is -0.796. The van der Waals surface area contributed by atoms with Crippen LogP contribution in [0.5, 0.6) is 0 Å². The Morgan fingerprint density at radius 1 is 1.67 bits per heavy atom. The molecule has 1 saturated heterocycles. The van der Waals surface area contributed by atoms with E-state index in [-0.39, 0.29) is 6.54 Å². The van der Waals surface area contributed by atoms with Crippen molar-refractivity contribution in [1.29, 1.82) is 0 Å². The second kappa shape index (κ2) is 3.09. The van der Waals surface area contributed by atoms with E-state index in [1.165, 1.54) is 0 Å². The van der Waals surface area contributed by atoms with Gasteiger partial charge in [0.15, 0.2) is 0 Å². The van der Waals surface area contributed by atoms with E-state index >= 15 is 0 Å². The van der Waals surface area contributed by atoms with Gasteiger partial charge in [-0.1, -0.05) is 0 Å². The van der Waals surface area contributed by atoms with E-state index in [9.17, 15) is 13.2 Å². The number of hydrogen-bond donors (Lipinski definition) is 2. The molecule has 0 radical (unpaired) electrons. The van der Waals surface area contributed by atoms with Gasteiger partial charge in [-0.05, 0) is 6.92 Å². The van der Waals surface area contributed by atoms with Crippen molar-refractivity contribution in [2.24, 2.45) is 0 Å². The maximum Gasteiger partial charge on any atom is 0.337 e. The lowest BCUT2D eigenvalue weighted by molar-refractivity contribution is -0.110. The maximum atomic E-state index is 10.7. The third-order valence-corrected chi connectivity index (χ3v) is 2.87. The highest BCUT2D eigenvalue weighted by atomic mass is 32.2. The van der Waals surface area contributed by atoms with Crippen LogP contribution in [0.25, 0.3) is 0 Å². The van der Waals surface area contributed by atoms with Crippen LogP contribution in [0, 0.1) is 0 Å². The van der Waals surface area contributed by atoms with Crippen molar-refractivity contribution >= 4 is 16.6 Å². The van der Waals surface area contributed by atoms with E-state index in [1.807, 2.05) is 0 Å². The van der Waals surface area contributed by atoms with Crippen LogP contribution < -0.4 is 5.32 Å². The van der Waals surface area contributed by atoms with Gasteiger partial charge in [-0.3, -0.25) is 9.87 Å². The number of rotatable bonds is 2. The maximum absolute atomic E-state index is 10.7. The first-order valence-electron chi connectivity index (χ1n) is 3.41. The molecule has 2 N–H and O–H groups in total. The van der Waals surface area contributed by atoms with Gasteiger partial charge in [0.2, 0.25) is 0 Å². The predicted molar refractivity (Wildman–Crippen MR) is 40.7 cm³/mol. The summed E-state index contributed by atoms with van der Waals surface area (Å²) in [5, 5.41) is 2.73. The van der Waals surface area contributed by atoms with Gasteiger partial charge >= 0.3 is 10.3 Å². The van der Waals surface area contributed by atoms with E-state index in [2.05, 4.69) is 5.32 Å². The monoisotopic (exact) mass is 194 g/mol. The Kier molecular flexibility index (Phi) is 2.47. The predicted octanol–water partition coefficient (Wildman–Crippen LogP) is -1.39. The SMILES string of the molecule is CC1NCC(C=O)N1S(=O)(=O)O. The molecule has 1 aliphatic heterocycles. The Labute approximate surface area is 70.4 Å². The third-order valence-electron chi connectivity index (χ3n) is 1.75. The average Bonchev–Trinajstić information content (AvgIpc) is 2.29. The molecule has 0 aromatic carbocycles. The highest BCUT2D eigenvalue weighted by Gasteiger charge is 2.37. The van der Waals surface area contributed by atoms with Crippen molar-refractivity contribution in [1.82, 2.24) is 9.62 Å².